The summed E-state index contributed by atoms with van der Waals surface area (Å²) in [6.07, 6.45) is 5.42. The summed E-state index contributed by atoms with van der Waals surface area (Å²) in [5.74, 6) is 1.22. The quantitative estimate of drug-likeness (QED) is 0.630. The van der Waals surface area contributed by atoms with Gasteiger partial charge < -0.3 is 15.8 Å². The van der Waals surface area contributed by atoms with Gasteiger partial charge in [-0.1, -0.05) is 25.5 Å². The molecule has 148 valence electrons. The first kappa shape index (κ1) is 21.0. The molecular weight excluding hydrogens is 338 g/mol. The van der Waals surface area contributed by atoms with E-state index < -0.39 is 0 Å². The van der Waals surface area contributed by atoms with E-state index in [9.17, 15) is 4.79 Å². The van der Waals surface area contributed by atoms with Crippen LogP contribution in [0.25, 0.3) is 10.9 Å². The molecule has 0 saturated heterocycles. The van der Waals surface area contributed by atoms with Crippen LogP contribution in [0, 0.1) is 0 Å². The van der Waals surface area contributed by atoms with E-state index in [0.29, 0.717) is 24.6 Å². The molecule has 0 saturated carbocycles. The van der Waals surface area contributed by atoms with Crippen LogP contribution in [0.5, 0.6) is 5.75 Å². The molecule has 0 spiro atoms. The lowest BCUT2D eigenvalue weighted by molar-refractivity contribution is -0.122. The number of hydrogen-bond acceptors (Lipinski definition) is 4. The predicted octanol–water partition coefficient (Wildman–Crippen LogP) is 4.62. The molecule has 2 rings (SSSR count). The van der Waals surface area contributed by atoms with Gasteiger partial charge in [0.2, 0.25) is 5.91 Å². The van der Waals surface area contributed by atoms with Crippen molar-refractivity contribution in [2.75, 3.05) is 12.3 Å². The van der Waals surface area contributed by atoms with E-state index in [1.165, 1.54) is 5.56 Å². The van der Waals surface area contributed by atoms with Crippen LogP contribution >= 0.6 is 0 Å². The number of anilines is 1. The van der Waals surface area contributed by atoms with Crippen LogP contribution < -0.4 is 15.8 Å². The normalized spacial score (nSPS) is 11.6. The number of aromatic nitrogens is 1. The van der Waals surface area contributed by atoms with E-state index in [1.54, 1.807) is 0 Å². The van der Waals surface area contributed by atoms with E-state index in [-0.39, 0.29) is 11.4 Å². The number of nitrogens with one attached hydrogen (secondary N) is 1. The van der Waals surface area contributed by atoms with Gasteiger partial charge in [0.1, 0.15) is 0 Å². The van der Waals surface area contributed by atoms with Gasteiger partial charge in [-0.25, -0.2) is 4.98 Å². The number of nitrogen functional groups attached to an aromatic ring is 1. The molecule has 2 aromatic rings. The number of ether oxygens (including phenoxy) is 1. The number of pyridine rings is 1. The summed E-state index contributed by atoms with van der Waals surface area (Å²) in [4.78, 5) is 16.4. The minimum atomic E-state index is -0.167. The Hall–Kier alpha value is -2.30. The minimum Gasteiger partial charge on any atom is -0.490 e. The average Bonchev–Trinajstić information content (AvgIpc) is 2.58. The highest BCUT2D eigenvalue weighted by atomic mass is 16.5. The minimum absolute atomic E-state index is 0.117. The fourth-order valence-electron chi connectivity index (χ4n) is 2.90. The molecule has 27 heavy (non-hydrogen) atoms. The van der Waals surface area contributed by atoms with E-state index in [1.807, 2.05) is 26.8 Å². The highest BCUT2D eigenvalue weighted by molar-refractivity contribution is 5.83. The van der Waals surface area contributed by atoms with Crippen molar-refractivity contribution in [1.29, 1.82) is 0 Å². The molecule has 1 aromatic heterocycles. The topological polar surface area (TPSA) is 77.2 Å². The second kappa shape index (κ2) is 9.58. The zero-order valence-electron chi connectivity index (χ0n) is 17.1. The highest BCUT2D eigenvalue weighted by Crippen LogP contribution is 2.26. The summed E-state index contributed by atoms with van der Waals surface area (Å²) < 4.78 is 5.73. The van der Waals surface area contributed by atoms with Crippen molar-refractivity contribution < 1.29 is 9.53 Å². The first-order valence-corrected chi connectivity index (χ1v) is 9.91. The van der Waals surface area contributed by atoms with Crippen molar-refractivity contribution in [3.63, 3.8) is 0 Å². The van der Waals surface area contributed by atoms with Crippen LogP contribution in [0.4, 0.5) is 5.82 Å². The number of benzene rings is 1. The average molecular weight is 372 g/mol. The molecule has 5 nitrogen and oxygen atoms in total. The van der Waals surface area contributed by atoms with Crippen molar-refractivity contribution >= 4 is 22.6 Å². The van der Waals surface area contributed by atoms with E-state index >= 15 is 0 Å². The Bertz CT molecular complexity index is 766. The van der Waals surface area contributed by atoms with E-state index in [4.69, 9.17) is 10.5 Å². The molecule has 0 fully saturated rings. The van der Waals surface area contributed by atoms with Crippen LogP contribution in [0.15, 0.2) is 24.3 Å². The second-order valence-corrected chi connectivity index (χ2v) is 8.11. The lowest BCUT2D eigenvalue weighted by Crippen LogP contribution is -2.40. The van der Waals surface area contributed by atoms with Gasteiger partial charge in [-0.15, -0.1) is 0 Å². The van der Waals surface area contributed by atoms with Crippen LogP contribution in [0.1, 0.15) is 65.4 Å². The Morgan fingerprint density at radius 1 is 1.19 bits per heavy atom. The molecule has 0 aliphatic rings. The van der Waals surface area contributed by atoms with E-state index in [2.05, 4.69) is 35.4 Å². The Morgan fingerprint density at radius 3 is 2.67 bits per heavy atom. The number of amides is 1. The van der Waals surface area contributed by atoms with Gasteiger partial charge in [0.25, 0.3) is 0 Å². The first-order valence-electron chi connectivity index (χ1n) is 9.91. The molecule has 0 unspecified atom stereocenters. The fourth-order valence-corrected chi connectivity index (χ4v) is 2.90. The van der Waals surface area contributed by atoms with Gasteiger partial charge >= 0.3 is 0 Å². The maximum Gasteiger partial charge on any atom is 0.220 e. The largest absolute Gasteiger partial charge is 0.490 e. The Labute approximate surface area is 162 Å². The molecule has 1 amide bonds. The van der Waals surface area contributed by atoms with Gasteiger partial charge in [-0.05, 0) is 64.2 Å². The fraction of sp³-hybridized carbons (Fsp3) is 0.545. The molecule has 1 heterocycles. The van der Waals surface area contributed by atoms with Crippen LogP contribution in [0.3, 0.4) is 0 Å². The molecule has 0 atom stereocenters. The Morgan fingerprint density at radius 2 is 1.96 bits per heavy atom. The summed E-state index contributed by atoms with van der Waals surface area (Å²) in [6.45, 7) is 8.79. The SMILES string of the molecule is CCCCOc1cc2ccc(CCCCC(=O)NC(C)(C)C)cc2nc1N. The molecular formula is C22H33N3O2. The number of unbranched alkanes of at least 4 members (excludes halogenated alkanes) is 2. The van der Waals surface area contributed by atoms with Gasteiger partial charge in [0.15, 0.2) is 11.6 Å². The second-order valence-electron chi connectivity index (χ2n) is 8.11. The predicted molar refractivity (Wildman–Crippen MR) is 112 cm³/mol. The third kappa shape index (κ3) is 7.08. The van der Waals surface area contributed by atoms with Gasteiger partial charge in [-0.3, -0.25) is 4.79 Å². The highest BCUT2D eigenvalue weighted by Gasteiger charge is 2.13. The Kier molecular flexibility index (Phi) is 7.45. The molecule has 0 radical (unpaired) electrons. The summed E-state index contributed by atoms with van der Waals surface area (Å²) >= 11 is 0. The molecule has 5 heteroatoms. The monoisotopic (exact) mass is 371 g/mol. The van der Waals surface area contributed by atoms with Crippen LogP contribution in [-0.2, 0) is 11.2 Å². The lowest BCUT2D eigenvalue weighted by atomic mass is 10.0. The van der Waals surface area contributed by atoms with Crippen molar-refractivity contribution in [1.82, 2.24) is 10.3 Å². The standard InChI is InChI=1S/C22H33N3O2/c1-5-6-13-27-19-15-17-12-11-16(14-18(17)24-21(19)23)9-7-8-10-20(26)25-22(2,3)4/h11-12,14-15H,5-10,13H2,1-4H3,(H2,23,24)(H,25,26). The zero-order chi connectivity index (χ0) is 19.9. The summed E-state index contributed by atoms with van der Waals surface area (Å²) in [7, 11) is 0. The number of nitrogens with zero attached hydrogens (tertiary/aromatic N) is 1. The van der Waals surface area contributed by atoms with Crippen molar-refractivity contribution in [3.8, 4) is 5.75 Å². The maximum absolute atomic E-state index is 11.9. The van der Waals surface area contributed by atoms with Gasteiger partial charge in [-0.2, -0.15) is 0 Å². The van der Waals surface area contributed by atoms with Crippen molar-refractivity contribution in [2.45, 2.75) is 71.8 Å². The smallest absolute Gasteiger partial charge is 0.220 e. The van der Waals surface area contributed by atoms with Gasteiger partial charge in [0, 0.05) is 17.3 Å². The summed E-state index contributed by atoms with van der Waals surface area (Å²) in [6, 6.07) is 8.23. The zero-order valence-corrected chi connectivity index (χ0v) is 17.1. The molecule has 0 aliphatic carbocycles. The third-order valence-corrected chi connectivity index (χ3v) is 4.26. The number of fused-ring (bicyclic) bond motifs is 1. The Balaban J connectivity index is 1.90. The first-order chi connectivity index (χ1) is 12.8. The van der Waals surface area contributed by atoms with Crippen LogP contribution in [-0.4, -0.2) is 23.0 Å². The number of hydrogen-bond donors (Lipinski definition) is 2. The molecule has 3 N–H and O–H groups in total. The molecule has 0 bridgehead atoms. The van der Waals surface area contributed by atoms with Gasteiger partial charge in [0.05, 0.1) is 12.1 Å². The number of carbonyl (C=O) groups is 1. The van der Waals surface area contributed by atoms with E-state index in [0.717, 1.165) is 43.0 Å². The number of rotatable bonds is 9. The number of aryl methyl sites for hydroxylation is 1. The number of nitrogens with two attached hydrogens (primary N) is 1. The third-order valence-electron chi connectivity index (χ3n) is 4.26. The number of carbonyl (C=O) groups excluding carboxylic acids is 1. The van der Waals surface area contributed by atoms with Crippen LogP contribution in [0.2, 0.25) is 0 Å². The molecule has 0 aliphatic heterocycles. The maximum atomic E-state index is 11.9. The van der Waals surface area contributed by atoms with Crippen molar-refractivity contribution in [3.05, 3.63) is 29.8 Å². The molecule has 1 aromatic carbocycles. The summed E-state index contributed by atoms with van der Waals surface area (Å²) in [5, 5.41) is 4.03. The summed E-state index contributed by atoms with van der Waals surface area (Å²) in [5.41, 5.74) is 7.98. The van der Waals surface area contributed by atoms with Crippen molar-refractivity contribution in [2.24, 2.45) is 0 Å². The lowest BCUT2D eigenvalue weighted by Gasteiger charge is -2.20.